The van der Waals surface area contributed by atoms with Crippen LogP contribution in [-0.2, 0) is 6.42 Å². The number of likely N-dealkylation sites (tertiary alicyclic amines) is 1. The maximum absolute atomic E-state index is 12.4. The van der Waals surface area contributed by atoms with Gasteiger partial charge in [-0.2, -0.15) is 13.2 Å². The van der Waals surface area contributed by atoms with Gasteiger partial charge >= 0.3 is 6.18 Å². The monoisotopic (exact) mass is 532 g/mol. The highest BCUT2D eigenvalue weighted by Crippen LogP contribution is 2.23. The molecule has 1 fully saturated rings. The van der Waals surface area contributed by atoms with E-state index in [-0.39, 0.29) is 24.0 Å². The number of hydrogen-bond acceptors (Lipinski definition) is 2. The summed E-state index contributed by atoms with van der Waals surface area (Å²) in [6.07, 6.45) is -0.646. The Kier molecular flexibility index (Phi) is 11.5. The lowest BCUT2D eigenvalue weighted by atomic mass is 9.93. The van der Waals surface area contributed by atoms with Crippen molar-refractivity contribution in [2.75, 3.05) is 39.8 Å². The van der Waals surface area contributed by atoms with Crippen molar-refractivity contribution in [3.63, 3.8) is 0 Å². The smallest absolute Gasteiger partial charge is 0.356 e. The zero-order valence-corrected chi connectivity index (χ0v) is 19.2. The van der Waals surface area contributed by atoms with Crippen LogP contribution in [-0.4, -0.2) is 56.8 Å². The molecule has 1 heterocycles. The number of alkyl halides is 3. The Balaban J connectivity index is 0.00000392. The van der Waals surface area contributed by atoms with Gasteiger partial charge in [-0.1, -0.05) is 23.7 Å². The number of aliphatic imine (C=N–C) groups is 1. The zero-order valence-electron chi connectivity index (χ0n) is 16.1. The van der Waals surface area contributed by atoms with E-state index in [1.54, 1.807) is 7.05 Å². The second kappa shape index (κ2) is 12.7. The Morgan fingerprint density at radius 3 is 2.32 bits per heavy atom. The highest BCUT2D eigenvalue weighted by atomic mass is 127. The molecule has 28 heavy (non-hydrogen) atoms. The summed E-state index contributed by atoms with van der Waals surface area (Å²) in [5, 5.41) is 7.29. The number of rotatable bonds is 7. The van der Waals surface area contributed by atoms with E-state index in [4.69, 9.17) is 11.6 Å². The van der Waals surface area contributed by atoms with Crippen LogP contribution < -0.4 is 10.6 Å². The van der Waals surface area contributed by atoms with E-state index >= 15 is 0 Å². The average molecular weight is 533 g/mol. The summed E-state index contributed by atoms with van der Waals surface area (Å²) >= 11 is 5.88. The van der Waals surface area contributed by atoms with Crippen molar-refractivity contribution in [1.29, 1.82) is 0 Å². The second-order valence-electron chi connectivity index (χ2n) is 6.93. The Labute approximate surface area is 187 Å². The molecule has 0 radical (unpaired) electrons. The molecule has 1 aliphatic heterocycles. The zero-order chi connectivity index (χ0) is 19.7. The average Bonchev–Trinajstić information content (AvgIpc) is 2.62. The molecule has 0 saturated carbocycles. The van der Waals surface area contributed by atoms with Crippen LogP contribution in [0.4, 0.5) is 13.2 Å². The molecular weight excluding hydrogens is 504 g/mol. The molecule has 0 spiro atoms. The first-order valence-corrected chi connectivity index (χ1v) is 9.71. The highest BCUT2D eigenvalue weighted by Gasteiger charge is 2.32. The fourth-order valence-corrected chi connectivity index (χ4v) is 3.40. The molecule has 1 saturated heterocycles. The molecule has 9 heteroatoms. The number of nitrogens with one attached hydrogen (secondary N) is 2. The Hall–Kier alpha value is -0.740. The number of guanidine groups is 1. The van der Waals surface area contributed by atoms with Crippen molar-refractivity contribution in [2.45, 2.75) is 31.9 Å². The van der Waals surface area contributed by atoms with Crippen LogP contribution in [0.15, 0.2) is 29.3 Å². The first-order chi connectivity index (χ1) is 12.9. The molecule has 1 aromatic carbocycles. The van der Waals surface area contributed by atoms with Crippen molar-refractivity contribution in [3.05, 3.63) is 34.9 Å². The molecule has 160 valence electrons. The number of benzene rings is 1. The summed E-state index contributed by atoms with van der Waals surface area (Å²) in [4.78, 5) is 5.71. The predicted octanol–water partition coefficient (Wildman–Crippen LogP) is 4.33. The molecular formula is C19H29ClF3IN4. The summed E-state index contributed by atoms with van der Waals surface area (Å²) in [7, 11) is 1.73. The number of nitrogens with zero attached hydrogens (tertiary/aromatic N) is 2. The van der Waals surface area contributed by atoms with Crippen LogP contribution in [0.5, 0.6) is 0 Å². The van der Waals surface area contributed by atoms with Gasteiger partial charge in [-0.05, 0) is 62.4 Å². The van der Waals surface area contributed by atoms with E-state index in [1.807, 2.05) is 24.3 Å². The molecule has 2 rings (SSSR count). The van der Waals surface area contributed by atoms with Gasteiger partial charge in [0, 0.05) is 25.2 Å². The van der Waals surface area contributed by atoms with Crippen molar-refractivity contribution in [2.24, 2.45) is 10.9 Å². The molecule has 0 bridgehead atoms. The minimum atomic E-state index is -4.10. The summed E-state index contributed by atoms with van der Waals surface area (Å²) in [5.41, 5.74) is 1.20. The minimum Gasteiger partial charge on any atom is -0.356 e. The Morgan fingerprint density at radius 2 is 1.75 bits per heavy atom. The van der Waals surface area contributed by atoms with Crippen molar-refractivity contribution in [1.82, 2.24) is 15.5 Å². The predicted molar refractivity (Wildman–Crippen MR) is 120 cm³/mol. The van der Waals surface area contributed by atoms with Gasteiger partial charge < -0.3 is 10.6 Å². The van der Waals surface area contributed by atoms with Gasteiger partial charge in [-0.3, -0.25) is 9.89 Å². The summed E-state index contributed by atoms with van der Waals surface area (Å²) in [6, 6.07) is 7.77. The van der Waals surface area contributed by atoms with Crippen LogP contribution in [0.2, 0.25) is 5.02 Å². The van der Waals surface area contributed by atoms with E-state index in [2.05, 4.69) is 15.6 Å². The standard InChI is InChI=1S/C19H28ClF3N4.HI/c1-24-18(25-10-6-15-2-4-17(20)5-3-15)26-11-7-16-8-12-27(13-9-16)14-19(21,22)23;/h2-5,16H,6-14H2,1H3,(H2,24,25,26);1H. The highest BCUT2D eigenvalue weighted by molar-refractivity contribution is 14.0. The fourth-order valence-electron chi connectivity index (χ4n) is 3.28. The lowest BCUT2D eigenvalue weighted by Crippen LogP contribution is -2.42. The van der Waals surface area contributed by atoms with Crippen LogP contribution in [0.25, 0.3) is 0 Å². The quantitative estimate of drug-likeness (QED) is 0.312. The summed E-state index contributed by atoms with van der Waals surface area (Å²) in [5.74, 6) is 1.22. The first-order valence-electron chi connectivity index (χ1n) is 9.34. The molecule has 4 nitrogen and oxygen atoms in total. The lowest BCUT2D eigenvalue weighted by molar-refractivity contribution is -0.148. The topological polar surface area (TPSA) is 39.7 Å². The van der Waals surface area contributed by atoms with Gasteiger partial charge in [0.25, 0.3) is 0 Å². The van der Waals surface area contributed by atoms with E-state index in [9.17, 15) is 13.2 Å². The molecule has 0 unspecified atom stereocenters. The van der Waals surface area contributed by atoms with Crippen LogP contribution in [0.1, 0.15) is 24.8 Å². The normalized spacial score (nSPS) is 16.5. The maximum Gasteiger partial charge on any atom is 0.401 e. The molecule has 1 aromatic rings. The van der Waals surface area contributed by atoms with E-state index in [0.29, 0.717) is 19.0 Å². The molecule has 0 aromatic heterocycles. The largest absolute Gasteiger partial charge is 0.401 e. The van der Waals surface area contributed by atoms with Gasteiger partial charge in [-0.15, -0.1) is 24.0 Å². The Morgan fingerprint density at radius 1 is 1.14 bits per heavy atom. The van der Waals surface area contributed by atoms with Crippen LogP contribution >= 0.6 is 35.6 Å². The lowest BCUT2D eigenvalue weighted by Gasteiger charge is -2.32. The van der Waals surface area contributed by atoms with Gasteiger partial charge in [0.2, 0.25) is 0 Å². The maximum atomic E-state index is 12.4. The number of halogens is 5. The Bertz CT molecular complexity index is 588. The molecule has 0 amide bonds. The SMILES string of the molecule is CN=C(NCCc1ccc(Cl)cc1)NCCC1CCN(CC(F)(F)F)CC1.I. The fraction of sp³-hybridized carbons (Fsp3) is 0.632. The second-order valence-corrected chi connectivity index (χ2v) is 7.36. The van der Waals surface area contributed by atoms with E-state index < -0.39 is 12.7 Å². The van der Waals surface area contributed by atoms with Crippen LogP contribution in [0.3, 0.4) is 0 Å². The molecule has 1 aliphatic rings. The summed E-state index contributed by atoms with van der Waals surface area (Å²) < 4.78 is 37.3. The van der Waals surface area contributed by atoms with E-state index in [0.717, 1.165) is 49.8 Å². The van der Waals surface area contributed by atoms with Crippen LogP contribution in [0, 0.1) is 5.92 Å². The van der Waals surface area contributed by atoms with Gasteiger partial charge in [0.15, 0.2) is 5.96 Å². The van der Waals surface area contributed by atoms with Gasteiger partial charge in [0.1, 0.15) is 0 Å². The molecule has 2 N–H and O–H groups in total. The van der Waals surface area contributed by atoms with Crippen molar-refractivity contribution >= 4 is 41.5 Å². The molecule has 0 atom stereocenters. The van der Waals surface area contributed by atoms with Gasteiger partial charge in [0.05, 0.1) is 6.54 Å². The van der Waals surface area contributed by atoms with E-state index in [1.165, 1.54) is 10.5 Å². The first kappa shape index (κ1) is 25.3. The third kappa shape index (κ3) is 10.2. The third-order valence-corrected chi connectivity index (χ3v) is 5.05. The third-order valence-electron chi connectivity index (χ3n) is 4.80. The van der Waals surface area contributed by atoms with Crippen molar-refractivity contribution < 1.29 is 13.2 Å². The van der Waals surface area contributed by atoms with Crippen molar-refractivity contribution in [3.8, 4) is 0 Å². The van der Waals surface area contributed by atoms with Gasteiger partial charge in [-0.25, -0.2) is 0 Å². The molecule has 0 aliphatic carbocycles. The minimum absolute atomic E-state index is 0. The number of piperidine rings is 1. The number of hydrogen-bond donors (Lipinski definition) is 2. The summed E-state index contributed by atoms with van der Waals surface area (Å²) in [6.45, 7) is 1.79.